The van der Waals surface area contributed by atoms with Gasteiger partial charge in [-0.2, -0.15) is 5.10 Å². The number of hydrogen-bond acceptors (Lipinski definition) is 5. The van der Waals surface area contributed by atoms with Crippen molar-refractivity contribution in [2.45, 2.75) is 0 Å². The number of aryl methyl sites for hydroxylation is 1. The van der Waals surface area contributed by atoms with Crippen molar-refractivity contribution in [1.29, 1.82) is 0 Å². The summed E-state index contributed by atoms with van der Waals surface area (Å²) in [6, 6.07) is 4.76. The Morgan fingerprint density at radius 3 is 2.67 bits per heavy atom. The second kappa shape index (κ2) is 4.93. The van der Waals surface area contributed by atoms with Crippen molar-refractivity contribution in [3.05, 3.63) is 29.5 Å². The van der Waals surface area contributed by atoms with Crippen LogP contribution in [0.2, 0.25) is 0 Å². The maximum atomic E-state index is 11.1. The molecule has 1 aliphatic heterocycles. The third-order valence-electron chi connectivity index (χ3n) is 3.22. The van der Waals surface area contributed by atoms with E-state index < -0.39 is 5.97 Å². The normalized spacial score (nSPS) is 13.0. The van der Waals surface area contributed by atoms with Crippen LogP contribution in [-0.2, 0) is 7.05 Å². The molecule has 0 atom stereocenters. The molecule has 1 aromatic carbocycles. The van der Waals surface area contributed by atoms with E-state index in [1.807, 2.05) is 0 Å². The fourth-order valence-electron chi connectivity index (χ4n) is 2.28. The van der Waals surface area contributed by atoms with Crippen LogP contribution in [0.25, 0.3) is 11.3 Å². The van der Waals surface area contributed by atoms with Gasteiger partial charge >= 0.3 is 5.97 Å². The van der Waals surface area contributed by atoms with Gasteiger partial charge in [0.05, 0.1) is 11.3 Å². The first kappa shape index (κ1) is 13.2. The molecule has 7 nitrogen and oxygen atoms in total. The van der Waals surface area contributed by atoms with Crippen LogP contribution < -0.4 is 9.47 Å². The van der Waals surface area contributed by atoms with Gasteiger partial charge in [-0.1, -0.05) is 0 Å². The number of fused-ring (bicyclic) bond motifs is 1. The first-order valence-corrected chi connectivity index (χ1v) is 6.27. The molecule has 0 fully saturated rings. The molecule has 0 bridgehead atoms. The highest BCUT2D eigenvalue weighted by Crippen LogP contribution is 2.41. The number of aromatic carboxylic acids is 1. The van der Waals surface area contributed by atoms with Gasteiger partial charge in [-0.15, -0.1) is 0 Å². The molecule has 2 heterocycles. The Kier molecular flexibility index (Phi) is 3.09. The summed E-state index contributed by atoms with van der Waals surface area (Å²) in [5.74, 6) is -0.287. The Morgan fingerprint density at radius 2 is 2.05 bits per heavy atom. The van der Waals surface area contributed by atoms with Crippen molar-refractivity contribution in [2.24, 2.45) is 7.05 Å². The molecule has 21 heavy (non-hydrogen) atoms. The number of carboxylic acid groups (broad SMARTS) is 1. The van der Waals surface area contributed by atoms with Gasteiger partial charge in [0.1, 0.15) is 13.2 Å². The SMILES string of the molecule is Cn1nc(C(=O)O)cc1-c1ccc(C=O)c2c1OCCO2. The monoisotopic (exact) mass is 288 g/mol. The quantitative estimate of drug-likeness (QED) is 0.858. The first-order chi connectivity index (χ1) is 10.1. The molecule has 0 amide bonds. The molecule has 1 N–H and O–H groups in total. The van der Waals surface area contributed by atoms with E-state index in [9.17, 15) is 9.59 Å². The van der Waals surface area contributed by atoms with Gasteiger partial charge in [-0.3, -0.25) is 9.48 Å². The van der Waals surface area contributed by atoms with Gasteiger partial charge in [-0.25, -0.2) is 4.79 Å². The number of benzene rings is 1. The molecule has 0 saturated carbocycles. The molecule has 0 unspecified atom stereocenters. The number of nitrogens with zero attached hydrogens (tertiary/aromatic N) is 2. The lowest BCUT2D eigenvalue weighted by molar-refractivity contribution is 0.0689. The lowest BCUT2D eigenvalue weighted by Gasteiger charge is -2.22. The van der Waals surface area contributed by atoms with Gasteiger partial charge in [0, 0.05) is 12.6 Å². The molecule has 0 spiro atoms. The van der Waals surface area contributed by atoms with Crippen molar-refractivity contribution in [1.82, 2.24) is 9.78 Å². The zero-order valence-electron chi connectivity index (χ0n) is 11.2. The highest BCUT2D eigenvalue weighted by atomic mass is 16.6. The summed E-state index contributed by atoms with van der Waals surface area (Å²) in [6.45, 7) is 0.731. The van der Waals surface area contributed by atoms with Crippen LogP contribution in [0.3, 0.4) is 0 Å². The molecule has 1 aliphatic rings. The third-order valence-corrected chi connectivity index (χ3v) is 3.22. The second-order valence-electron chi connectivity index (χ2n) is 4.52. The number of carbonyl (C=O) groups excluding carboxylic acids is 1. The summed E-state index contributed by atoms with van der Waals surface area (Å²) < 4.78 is 12.6. The smallest absolute Gasteiger partial charge is 0.356 e. The van der Waals surface area contributed by atoms with Crippen LogP contribution >= 0.6 is 0 Å². The van der Waals surface area contributed by atoms with Crippen LogP contribution in [0.4, 0.5) is 0 Å². The van der Waals surface area contributed by atoms with Crippen LogP contribution in [0, 0.1) is 0 Å². The van der Waals surface area contributed by atoms with E-state index in [0.717, 1.165) is 0 Å². The number of carboxylic acids is 1. The lowest BCUT2D eigenvalue weighted by atomic mass is 10.1. The fourth-order valence-corrected chi connectivity index (χ4v) is 2.28. The zero-order chi connectivity index (χ0) is 15.0. The minimum atomic E-state index is -1.10. The number of rotatable bonds is 3. The summed E-state index contributed by atoms with van der Waals surface area (Å²) in [4.78, 5) is 22.1. The number of aromatic nitrogens is 2. The summed E-state index contributed by atoms with van der Waals surface area (Å²) in [7, 11) is 1.64. The highest BCUT2D eigenvalue weighted by molar-refractivity contribution is 5.89. The zero-order valence-corrected chi connectivity index (χ0v) is 11.2. The Bertz CT molecular complexity index is 735. The van der Waals surface area contributed by atoms with Gasteiger partial charge in [0.15, 0.2) is 23.5 Å². The standard InChI is InChI=1S/C14H12N2O5/c1-16-11(6-10(15-16)14(18)19)9-3-2-8(7-17)12-13(9)21-5-4-20-12/h2-3,6-7H,4-5H2,1H3,(H,18,19). The van der Waals surface area contributed by atoms with Gasteiger partial charge in [-0.05, 0) is 18.2 Å². The van der Waals surface area contributed by atoms with Gasteiger partial charge < -0.3 is 14.6 Å². The molecule has 2 aromatic rings. The highest BCUT2D eigenvalue weighted by Gasteiger charge is 2.23. The topological polar surface area (TPSA) is 90.7 Å². The van der Waals surface area contributed by atoms with Crippen LogP contribution in [0.5, 0.6) is 11.5 Å². The van der Waals surface area contributed by atoms with E-state index in [0.29, 0.717) is 47.8 Å². The molecule has 7 heteroatoms. The maximum absolute atomic E-state index is 11.1. The number of aldehydes is 1. The average molecular weight is 288 g/mol. The molecular weight excluding hydrogens is 276 g/mol. The Balaban J connectivity index is 2.19. The molecular formula is C14H12N2O5. The van der Waals surface area contributed by atoms with E-state index in [1.165, 1.54) is 10.7 Å². The number of ether oxygens (including phenoxy) is 2. The summed E-state index contributed by atoms with van der Waals surface area (Å²) in [6.07, 6.45) is 0.698. The molecule has 0 aliphatic carbocycles. The molecule has 108 valence electrons. The summed E-state index contributed by atoms with van der Waals surface area (Å²) in [5, 5.41) is 12.9. The minimum absolute atomic E-state index is 0.0579. The number of carbonyl (C=O) groups is 2. The van der Waals surface area contributed by atoms with Crippen molar-refractivity contribution in [3.8, 4) is 22.8 Å². The first-order valence-electron chi connectivity index (χ1n) is 6.27. The second-order valence-corrected chi connectivity index (χ2v) is 4.52. The predicted molar refractivity (Wildman–Crippen MR) is 72.0 cm³/mol. The van der Waals surface area contributed by atoms with Crippen molar-refractivity contribution >= 4 is 12.3 Å². The molecule has 0 radical (unpaired) electrons. The lowest BCUT2D eigenvalue weighted by Crippen LogP contribution is -2.17. The average Bonchev–Trinajstić information content (AvgIpc) is 2.88. The fraction of sp³-hybridized carbons (Fsp3) is 0.214. The molecule has 3 rings (SSSR count). The third kappa shape index (κ3) is 2.12. The van der Waals surface area contributed by atoms with Gasteiger partial charge in [0.2, 0.25) is 0 Å². The Hall–Kier alpha value is -2.83. The van der Waals surface area contributed by atoms with Crippen LogP contribution in [-0.4, -0.2) is 40.4 Å². The molecule has 0 saturated heterocycles. The van der Waals surface area contributed by atoms with Crippen LogP contribution in [0.1, 0.15) is 20.8 Å². The Labute approximate surface area is 119 Å². The minimum Gasteiger partial charge on any atom is -0.485 e. The predicted octanol–water partition coefficient (Wildman–Crippen LogP) is 1.37. The molecule has 1 aromatic heterocycles. The maximum Gasteiger partial charge on any atom is 0.356 e. The van der Waals surface area contributed by atoms with E-state index in [2.05, 4.69) is 5.10 Å². The van der Waals surface area contributed by atoms with Crippen molar-refractivity contribution in [3.63, 3.8) is 0 Å². The Morgan fingerprint density at radius 1 is 1.33 bits per heavy atom. The largest absolute Gasteiger partial charge is 0.485 e. The summed E-state index contributed by atoms with van der Waals surface area (Å²) >= 11 is 0. The van der Waals surface area contributed by atoms with Crippen molar-refractivity contribution in [2.75, 3.05) is 13.2 Å². The number of hydrogen-bond donors (Lipinski definition) is 1. The van der Waals surface area contributed by atoms with E-state index >= 15 is 0 Å². The summed E-state index contributed by atoms with van der Waals surface area (Å²) in [5.41, 5.74) is 1.55. The van der Waals surface area contributed by atoms with Crippen molar-refractivity contribution < 1.29 is 24.2 Å². The van der Waals surface area contributed by atoms with E-state index in [-0.39, 0.29) is 5.69 Å². The van der Waals surface area contributed by atoms with Crippen LogP contribution in [0.15, 0.2) is 18.2 Å². The van der Waals surface area contributed by atoms with Gasteiger partial charge in [0.25, 0.3) is 0 Å². The van der Waals surface area contributed by atoms with E-state index in [4.69, 9.17) is 14.6 Å². The van der Waals surface area contributed by atoms with E-state index in [1.54, 1.807) is 19.2 Å².